The van der Waals surface area contributed by atoms with E-state index in [-0.39, 0.29) is 25.4 Å². The van der Waals surface area contributed by atoms with Crippen LogP contribution in [0.25, 0.3) is 0 Å². The van der Waals surface area contributed by atoms with Crippen molar-refractivity contribution in [1.29, 1.82) is 0 Å². The minimum Gasteiger partial charge on any atom is -0.327 e. The maximum absolute atomic E-state index is 12.5. The summed E-state index contributed by atoms with van der Waals surface area (Å²) in [7, 11) is 0. The van der Waals surface area contributed by atoms with E-state index in [1.54, 1.807) is 0 Å². The topological polar surface area (TPSA) is 38.0 Å². The first kappa shape index (κ1) is 12.8. The lowest BCUT2D eigenvalue weighted by Gasteiger charge is -2.23. The van der Waals surface area contributed by atoms with E-state index in [0.717, 1.165) is 6.42 Å². The van der Waals surface area contributed by atoms with Crippen molar-refractivity contribution < 1.29 is 13.2 Å². The van der Waals surface area contributed by atoms with E-state index in [1.165, 1.54) is 0 Å². The average molecular weight is 224 g/mol. The Morgan fingerprint density at radius 3 is 2.20 bits per heavy atom. The van der Waals surface area contributed by atoms with Crippen LogP contribution in [0.15, 0.2) is 0 Å². The molecule has 0 radical (unpaired) electrons. The first-order valence-corrected chi connectivity index (χ1v) is 5.34. The Morgan fingerprint density at radius 1 is 1.33 bits per heavy atom. The summed E-state index contributed by atoms with van der Waals surface area (Å²) >= 11 is 0. The molecule has 1 saturated carbocycles. The zero-order valence-electron chi connectivity index (χ0n) is 9.19. The third-order valence-electron chi connectivity index (χ3n) is 2.77. The van der Waals surface area contributed by atoms with Gasteiger partial charge in [0, 0.05) is 12.6 Å². The molecule has 0 aromatic rings. The van der Waals surface area contributed by atoms with Gasteiger partial charge in [-0.1, -0.05) is 13.8 Å². The SMILES string of the molecule is CC(C)CC(N)CNC1(C(F)(F)F)CC1. The molecule has 0 aromatic carbocycles. The van der Waals surface area contributed by atoms with Crippen molar-refractivity contribution >= 4 is 0 Å². The first-order valence-electron chi connectivity index (χ1n) is 5.34. The van der Waals surface area contributed by atoms with E-state index in [2.05, 4.69) is 5.32 Å². The van der Waals surface area contributed by atoms with Gasteiger partial charge in [-0.2, -0.15) is 13.2 Å². The lowest BCUT2D eigenvalue weighted by Crippen LogP contribution is -2.49. The summed E-state index contributed by atoms with van der Waals surface area (Å²) in [4.78, 5) is 0. The molecule has 0 amide bonds. The van der Waals surface area contributed by atoms with Crippen molar-refractivity contribution in [3.8, 4) is 0 Å². The van der Waals surface area contributed by atoms with Gasteiger partial charge in [-0.15, -0.1) is 0 Å². The van der Waals surface area contributed by atoms with Crippen LogP contribution in [0.4, 0.5) is 13.2 Å². The third kappa shape index (κ3) is 3.34. The maximum atomic E-state index is 12.5. The number of hydrogen-bond acceptors (Lipinski definition) is 2. The molecule has 1 aliphatic rings. The van der Waals surface area contributed by atoms with E-state index in [1.807, 2.05) is 13.8 Å². The molecule has 90 valence electrons. The van der Waals surface area contributed by atoms with Crippen LogP contribution in [0.3, 0.4) is 0 Å². The van der Waals surface area contributed by atoms with Crippen LogP contribution >= 0.6 is 0 Å². The van der Waals surface area contributed by atoms with Gasteiger partial charge in [0.25, 0.3) is 0 Å². The van der Waals surface area contributed by atoms with Gasteiger partial charge in [0.1, 0.15) is 5.54 Å². The van der Waals surface area contributed by atoms with Gasteiger partial charge in [-0.25, -0.2) is 0 Å². The van der Waals surface area contributed by atoms with Crippen LogP contribution in [0.5, 0.6) is 0 Å². The summed E-state index contributed by atoms with van der Waals surface area (Å²) in [6.45, 7) is 4.27. The second kappa shape index (κ2) is 4.29. The van der Waals surface area contributed by atoms with E-state index >= 15 is 0 Å². The predicted molar refractivity (Wildman–Crippen MR) is 53.5 cm³/mol. The summed E-state index contributed by atoms with van der Waals surface area (Å²) in [5.74, 6) is 0.419. The zero-order chi connectivity index (χ0) is 11.7. The van der Waals surface area contributed by atoms with Crippen molar-refractivity contribution in [2.24, 2.45) is 11.7 Å². The third-order valence-corrected chi connectivity index (χ3v) is 2.77. The van der Waals surface area contributed by atoms with E-state index in [9.17, 15) is 13.2 Å². The molecule has 0 saturated heterocycles. The van der Waals surface area contributed by atoms with Crippen LogP contribution in [-0.2, 0) is 0 Å². The van der Waals surface area contributed by atoms with Crippen molar-refractivity contribution in [3.63, 3.8) is 0 Å². The highest BCUT2D eigenvalue weighted by Crippen LogP contribution is 2.48. The molecule has 1 atom stereocenters. The normalized spacial score (nSPS) is 21.8. The largest absolute Gasteiger partial charge is 0.406 e. The minimum absolute atomic E-state index is 0.185. The van der Waals surface area contributed by atoms with E-state index in [4.69, 9.17) is 5.73 Å². The van der Waals surface area contributed by atoms with Crippen LogP contribution in [0.1, 0.15) is 33.1 Å². The Morgan fingerprint density at radius 2 is 1.87 bits per heavy atom. The van der Waals surface area contributed by atoms with E-state index < -0.39 is 11.7 Å². The number of nitrogens with two attached hydrogens (primary N) is 1. The molecular formula is C10H19F3N2. The average Bonchev–Trinajstić information content (AvgIpc) is 2.78. The Labute approximate surface area is 88.4 Å². The maximum Gasteiger partial charge on any atom is 0.406 e. The fourth-order valence-corrected chi connectivity index (χ4v) is 1.70. The zero-order valence-corrected chi connectivity index (χ0v) is 9.19. The monoisotopic (exact) mass is 224 g/mol. The molecular weight excluding hydrogens is 205 g/mol. The highest BCUT2D eigenvalue weighted by molar-refractivity contribution is 5.08. The second-order valence-corrected chi connectivity index (χ2v) is 4.85. The molecule has 0 heterocycles. The van der Waals surface area contributed by atoms with Crippen molar-refractivity contribution in [3.05, 3.63) is 0 Å². The molecule has 0 aliphatic heterocycles. The molecule has 3 N–H and O–H groups in total. The van der Waals surface area contributed by atoms with Crippen molar-refractivity contribution in [2.45, 2.75) is 50.9 Å². The number of hydrogen-bond donors (Lipinski definition) is 2. The summed E-state index contributed by atoms with van der Waals surface area (Å²) in [6.07, 6.45) is -3.01. The Hall–Kier alpha value is -0.290. The molecule has 15 heavy (non-hydrogen) atoms. The summed E-state index contributed by atoms with van der Waals surface area (Å²) in [6, 6.07) is -0.190. The molecule has 1 fully saturated rings. The standard InChI is InChI=1S/C10H19F3N2/c1-7(2)5-8(14)6-15-9(3-4-9)10(11,12)13/h7-8,15H,3-6,14H2,1-2H3. The van der Waals surface area contributed by atoms with Gasteiger partial charge in [0.2, 0.25) is 0 Å². The highest BCUT2D eigenvalue weighted by atomic mass is 19.4. The van der Waals surface area contributed by atoms with Gasteiger partial charge in [0.05, 0.1) is 0 Å². The molecule has 1 unspecified atom stereocenters. The van der Waals surface area contributed by atoms with Crippen LogP contribution in [0, 0.1) is 5.92 Å². The number of halogens is 3. The quantitative estimate of drug-likeness (QED) is 0.750. The molecule has 0 bridgehead atoms. The first-order chi connectivity index (χ1) is 6.77. The molecule has 0 spiro atoms. The Kier molecular flexibility index (Phi) is 3.66. The van der Waals surface area contributed by atoms with E-state index in [0.29, 0.717) is 5.92 Å². The Bertz CT molecular complexity index is 209. The van der Waals surface area contributed by atoms with Gasteiger partial charge in [-0.3, -0.25) is 0 Å². The lowest BCUT2D eigenvalue weighted by molar-refractivity contribution is -0.165. The van der Waals surface area contributed by atoms with Gasteiger partial charge in [0.15, 0.2) is 0 Å². The highest BCUT2D eigenvalue weighted by Gasteiger charge is 2.62. The van der Waals surface area contributed by atoms with Crippen molar-refractivity contribution in [2.75, 3.05) is 6.54 Å². The summed E-state index contributed by atoms with van der Waals surface area (Å²) in [5, 5.41) is 2.57. The fourth-order valence-electron chi connectivity index (χ4n) is 1.70. The number of rotatable bonds is 5. The lowest BCUT2D eigenvalue weighted by atomic mass is 10.0. The van der Waals surface area contributed by atoms with Crippen LogP contribution < -0.4 is 11.1 Å². The minimum atomic E-state index is -4.13. The van der Waals surface area contributed by atoms with Gasteiger partial charge in [-0.05, 0) is 25.2 Å². The molecule has 0 aromatic heterocycles. The van der Waals surface area contributed by atoms with Gasteiger partial charge < -0.3 is 11.1 Å². The number of alkyl halides is 3. The van der Waals surface area contributed by atoms with Crippen LogP contribution in [-0.4, -0.2) is 24.3 Å². The number of nitrogens with one attached hydrogen (secondary N) is 1. The van der Waals surface area contributed by atoms with Crippen molar-refractivity contribution in [1.82, 2.24) is 5.32 Å². The molecule has 5 heteroatoms. The molecule has 2 nitrogen and oxygen atoms in total. The summed E-state index contributed by atoms with van der Waals surface area (Å²) in [5.41, 5.74) is 4.10. The second-order valence-electron chi connectivity index (χ2n) is 4.85. The fraction of sp³-hybridized carbons (Fsp3) is 1.00. The molecule has 1 aliphatic carbocycles. The predicted octanol–water partition coefficient (Wildman–Crippen LogP) is 2.04. The van der Waals surface area contributed by atoms with Crippen LogP contribution in [0.2, 0.25) is 0 Å². The van der Waals surface area contributed by atoms with Gasteiger partial charge >= 0.3 is 6.18 Å². The summed E-state index contributed by atoms with van der Waals surface area (Å²) < 4.78 is 37.5. The molecule has 1 rings (SSSR count). The smallest absolute Gasteiger partial charge is 0.327 e. The Balaban J connectivity index is 2.31.